The fourth-order valence-corrected chi connectivity index (χ4v) is 2.03. The van der Waals surface area contributed by atoms with Crippen LogP contribution in [0.5, 0.6) is 5.75 Å². The van der Waals surface area contributed by atoms with Crippen molar-refractivity contribution in [2.75, 3.05) is 12.4 Å². The Labute approximate surface area is 116 Å². The molecule has 0 radical (unpaired) electrons. The Balaban J connectivity index is 1.84. The summed E-state index contributed by atoms with van der Waals surface area (Å²) in [5.41, 5.74) is 2.03. The molecule has 0 aliphatic rings. The zero-order valence-electron chi connectivity index (χ0n) is 11.4. The maximum Gasteiger partial charge on any atom is 0.254 e. The van der Waals surface area contributed by atoms with E-state index in [-0.39, 0.29) is 0 Å². The van der Waals surface area contributed by atoms with Gasteiger partial charge in [0.1, 0.15) is 17.9 Å². The fourth-order valence-electron chi connectivity index (χ4n) is 2.03. The Morgan fingerprint density at radius 1 is 1.30 bits per heavy atom. The molecular weight excluding hydrogens is 254 g/mol. The molecule has 0 unspecified atom stereocenters. The second-order valence-corrected chi connectivity index (χ2v) is 4.46. The van der Waals surface area contributed by atoms with Gasteiger partial charge in [0.25, 0.3) is 5.78 Å². The normalized spacial score (nSPS) is 10.7. The molecule has 1 aromatic carbocycles. The lowest BCUT2D eigenvalue weighted by Crippen LogP contribution is -2.07. The molecule has 2 heterocycles. The van der Waals surface area contributed by atoms with Gasteiger partial charge in [-0.25, -0.2) is 4.98 Å². The van der Waals surface area contributed by atoms with E-state index in [0.717, 1.165) is 22.8 Å². The summed E-state index contributed by atoms with van der Waals surface area (Å²) in [5.74, 6) is 2.31. The number of hydrogen-bond acceptors (Lipinski definition) is 5. The van der Waals surface area contributed by atoms with E-state index in [4.69, 9.17) is 4.74 Å². The number of anilines is 1. The third-order valence-corrected chi connectivity index (χ3v) is 2.99. The molecule has 3 rings (SSSR count). The van der Waals surface area contributed by atoms with Crippen molar-refractivity contribution < 1.29 is 4.74 Å². The van der Waals surface area contributed by atoms with Crippen LogP contribution < -0.4 is 10.1 Å². The van der Waals surface area contributed by atoms with E-state index in [1.807, 2.05) is 37.3 Å². The Morgan fingerprint density at radius 3 is 3.05 bits per heavy atom. The summed E-state index contributed by atoms with van der Waals surface area (Å²) < 4.78 is 6.91. The standard InChI is InChI=1S/C14H15N5O/c1-10-6-13(19-14(18-10)16-9-17-19)15-8-11-4-3-5-12(7-11)20-2/h3-7,9,15H,8H2,1-2H3. The first-order chi connectivity index (χ1) is 9.76. The summed E-state index contributed by atoms with van der Waals surface area (Å²) in [6.07, 6.45) is 1.50. The zero-order chi connectivity index (χ0) is 13.9. The van der Waals surface area contributed by atoms with Crippen LogP contribution in [0.3, 0.4) is 0 Å². The second-order valence-electron chi connectivity index (χ2n) is 4.46. The molecule has 0 saturated heterocycles. The highest BCUT2D eigenvalue weighted by Crippen LogP contribution is 2.15. The number of nitrogens with one attached hydrogen (secondary N) is 1. The maximum absolute atomic E-state index is 5.22. The van der Waals surface area contributed by atoms with Crippen LogP contribution in [-0.4, -0.2) is 26.7 Å². The number of hydrogen-bond donors (Lipinski definition) is 1. The average Bonchev–Trinajstić information content (AvgIpc) is 2.93. The van der Waals surface area contributed by atoms with Gasteiger partial charge < -0.3 is 10.1 Å². The maximum atomic E-state index is 5.22. The predicted octanol–water partition coefficient (Wildman–Crippen LogP) is 2.05. The number of benzene rings is 1. The minimum Gasteiger partial charge on any atom is -0.497 e. The van der Waals surface area contributed by atoms with Gasteiger partial charge >= 0.3 is 0 Å². The predicted molar refractivity (Wildman–Crippen MR) is 75.8 cm³/mol. The summed E-state index contributed by atoms with van der Waals surface area (Å²) in [6.45, 7) is 2.61. The number of nitrogens with zero attached hydrogens (tertiary/aromatic N) is 4. The quantitative estimate of drug-likeness (QED) is 0.785. The van der Waals surface area contributed by atoms with E-state index in [1.165, 1.54) is 6.33 Å². The minimum absolute atomic E-state index is 0.596. The summed E-state index contributed by atoms with van der Waals surface area (Å²) in [6, 6.07) is 9.89. The van der Waals surface area contributed by atoms with Crippen LogP contribution >= 0.6 is 0 Å². The van der Waals surface area contributed by atoms with Crippen molar-refractivity contribution in [3.05, 3.63) is 47.9 Å². The first kappa shape index (κ1) is 12.4. The van der Waals surface area contributed by atoms with Crippen LogP contribution in [0.4, 0.5) is 5.82 Å². The molecule has 0 spiro atoms. The summed E-state index contributed by atoms with van der Waals surface area (Å²) >= 11 is 0. The third-order valence-electron chi connectivity index (χ3n) is 2.99. The fraction of sp³-hybridized carbons (Fsp3) is 0.214. The molecular formula is C14H15N5O. The van der Waals surface area contributed by atoms with Gasteiger partial charge in [-0.3, -0.25) is 0 Å². The van der Waals surface area contributed by atoms with E-state index < -0.39 is 0 Å². The zero-order valence-corrected chi connectivity index (χ0v) is 11.4. The Hall–Kier alpha value is -2.63. The largest absolute Gasteiger partial charge is 0.497 e. The van der Waals surface area contributed by atoms with Crippen LogP contribution in [0.1, 0.15) is 11.3 Å². The lowest BCUT2D eigenvalue weighted by atomic mass is 10.2. The van der Waals surface area contributed by atoms with E-state index in [2.05, 4.69) is 20.4 Å². The molecule has 0 fully saturated rings. The van der Waals surface area contributed by atoms with Gasteiger partial charge in [-0.2, -0.15) is 14.6 Å². The Morgan fingerprint density at radius 2 is 2.20 bits per heavy atom. The second kappa shape index (κ2) is 5.16. The molecule has 6 nitrogen and oxygen atoms in total. The highest BCUT2D eigenvalue weighted by atomic mass is 16.5. The monoisotopic (exact) mass is 269 g/mol. The number of aryl methyl sites for hydroxylation is 1. The van der Waals surface area contributed by atoms with Crippen LogP contribution in [-0.2, 0) is 6.54 Å². The number of rotatable bonds is 4. The van der Waals surface area contributed by atoms with Gasteiger partial charge in [0.05, 0.1) is 7.11 Å². The highest BCUT2D eigenvalue weighted by Gasteiger charge is 2.05. The van der Waals surface area contributed by atoms with Crippen molar-refractivity contribution in [1.82, 2.24) is 19.6 Å². The number of ether oxygens (including phenoxy) is 1. The van der Waals surface area contributed by atoms with Gasteiger partial charge in [0, 0.05) is 18.3 Å². The first-order valence-corrected chi connectivity index (χ1v) is 6.30. The molecule has 20 heavy (non-hydrogen) atoms. The lowest BCUT2D eigenvalue weighted by molar-refractivity contribution is 0.414. The van der Waals surface area contributed by atoms with Crippen molar-refractivity contribution in [3.8, 4) is 5.75 Å². The van der Waals surface area contributed by atoms with Gasteiger partial charge in [-0.1, -0.05) is 12.1 Å². The van der Waals surface area contributed by atoms with Crippen molar-refractivity contribution in [2.45, 2.75) is 13.5 Å². The van der Waals surface area contributed by atoms with Crippen molar-refractivity contribution in [3.63, 3.8) is 0 Å². The average molecular weight is 269 g/mol. The molecule has 0 saturated carbocycles. The number of methoxy groups -OCH3 is 1. The molecule has 0 aliphatic carbocycles. The molecule has 0 atom stereocenters. The van der Waals surface area contributed by atoms with Gasteiger partial charge in [-0.15, -0.1) is 0 Å². The van der Waals surface area contributed by atoms with Gasteiger partial charge in [0.2, 0.25) is 0 Å². The smallest absolute Gasteiger partial charge is 0.254 e. The third kappa shape index (κ3) is 2.40. The highest BCUT2D eigenvalue weighted by molar-refractivity contribution is 5.45. The topological polar surface area (TPSA) is 64.3 Å². The van der Waals surface area contributed by atoms with Gasteiger partial charge in [0.15, 0.2) is 0 Å². The Bertz CT molecular complexity index is 737. The summed E-state index contributed by atoms with van der Waals surface area (Å²) in [5, 5.41) is 7.51. The summed E-state index contributed by atoms with van der Waals surface area (Å²) in [4.78, 5) is 8.41. The van der Waals surface area contributed by atoms with Gasteiger partial charge in [-0.05, 0) is 24.6 Å². The first-order valence-electron chi connectivity index (χ1n) is 6.30. The molecule has 102 valence electrons. The minimum atomic E-state index is 0.596. The molecule has 6 heteroatoms. The number of aromatic nitrogens is 4. The van der Waals surface area contributed by atoms with Crippen LogP contribution in [0.25, 0.3) is 5.78 Å². The van der Waals surface area contributed by atoms with Crippen LogP contribution in [0.15, 0.2) is 36.7 Å². The SMILES string of the molecule is COc1cccc(CNc2cc(C)nc3ncnn23)c1. The lowest BCUT2D eigenvalue weighted by Gasteiger charge is -2.09. The van der Waals surface area contributed by atoms with Crippen LogP contribution in [0.2, 0.25) is 0 Å². The number of fused-ring (bicyclic) bond motifs is 1. The molecule has 3 aromatic rings. The van der Waals surface area contributed by atoms with Crippen molar-refractivity contribution >= 4 is 11.6 Å². The summed E-state index contributed by atoms with van der Waals surface area (Å²) in [7, 11) is 1.66. The van der Waals surface area contributed by atoms with Crippen molar-refractivity contribution in [1.29, 1.82) is 0 Å². The van der Waals surface area contributed by atoms with E-state index in [0.29, 0.717) is 12.3 Å². The molecule has 2 aromatic heterocycles. The molecule has 1 N–H and O–H groups in total. The van der Waals surface area contributed by atoms with E-state index in [1.54, 1.807) is 11.6 Å². The Kier molecular flexibility index (Phi) is 3.20. The molecule has 0 amide bonds. The van der Waals surface area contributed by atoms with E-state index >= 15 is 0 Å². The van der Waals surface area contributed by atoms with Crippen LogP contribution in [0, 0.1) is 6.92 Å². The van der Waals surface area contributed by atoms with E-state index in [9.17, 15) is 0 Å². The molecule has 0 aliphatic heterocycles. The van der Waals surface area contributed by atoms with Crippen molar-refractivity contribution in [2.24, 2.45) is 0 Å². The molecule has 0 bridgehead atoms.